The Hall–Kier alpha value is -2.25. The largest absolute Gasteiger partial charge is 0.392 e. The van der Waals surface area contributed by atoms with Gasteiger partial charge in [-0.05, 0) is 64.7 Å². The number of benzene rings is 2. The van der Waals surface area contributed by atoms with Crippen molar-refractivity contribution in [3.05, 3.63) is 68.6 Å². The summed E-state index contributed by atoms with van der Waals surface area (Å²) in [5, 5.41) is 13.5. The third-order valence-electron chi connectivity index (χ3n) is 5.33. The predicted octanol–water partition coefficient (Wildman–Crippen LogP) is 4.83. The monoisotopic (exact) mass is 432 g/mol. The van der Waals surface area contributed by atoms with Gasteiger partial charge in [-0.15, -0.1) is 23.7 Å². The summed E-state index contributed by atoms with van der Waals surface area (Å²) in [7, 11) is 0. The molecule has 7 heteroatoms. The van der Waals surface area contributed by atoms with Crippen molar-refractivity contribution in [3.8, 4) is 11.1 Å². The van der Waals surface area contributed by atoms with Gasteiger partial charge in [0.15, 0.2) is 0 Å². The lowest BCUT2D eigenvalue weighted by atomic mass is 9.90. The van der Waals surface area contributed by atoms with Crippen LogP contribution < -0.4 is 11.3 Å². The average molecular weight is 433 g/mol. The lowest BCUT2D eigenvalue weighted by molar-refractivity contribution is 0.282. The highest BCUT2D eigenvalue weighted by Gasteiger charge is 2.19. The molecule has 0 radical (unpaired) electrons. The van der Waals surface area contributed by atoms with Crippen LogP contribution in [-0.2, 0) is 6.61 Å². The molecule has 4 nitrogen and oxygen atoms in total. The highest BCUT2D eigenvalue weighted by Crippen LogP contribution is 2.39. The summed E-state index contributed by atoms with van der Waals surface area (Å²) in [5.74, 6) is -0.403. The van der Waals surface area contributed by atoms with Crippen molar-refractivity contribution >= 4 is 44.7 Å². The molecule has 0 saturated carbocycles. The van der Waals surface area contributed by atoms with Gasteiger partial charge in [-0.2, -0.15) is 0 Å². The second kappa shape index (κ2) is 8.24. The van der Waals surface area contributed by atoms with E-state index in [4.69, 9.17) is 5.73 Å². The zero-order valence-corrected chi connectivity index (χ0v) is 17.7. The van der Waals surface area contributed by atoms with Crippen molar-refractivity contribution in [1.82, 2.24) is 4.98 Å². The first-order chi connectivity index (χ1) is 13.5. The van der Waals surface area contributed by atoms with Gasteiger partial charge in [-0.1, -0.05) is 25.1 Å². The number of halogens is 2. The molecule has 4 N–H and O–H groups in total. The fourth-order valence-corrected chi connectivity index (χ4v) is 4.63. The molecule has 2 heterocycles. The van der Waals surface area contributed by atoms with E-state index in [1.807, 2.05) is 37.4 Å². The second-order valence-corrected chi connectivity index (χ2v) is 8.04. The molecule has 29 heavy (non-hydrogen) atoms. The molecule has 1 atom stereocenters. The Balaban J connectivity index is 0.00000240. The summed E-state index contributed by atoms with van der Waals surface area (Å²) >= 11 is 1.37. The molecule has 2 aromatic heterocycles. The van der Waals surface area contributed by atoms with E-state index in [1.165, 1.54) is 17.4 Å². The standard InChI is InChI=1S/C22H21FN2O2S.ClH/c1-11-7-14(10-26)18(13-3-4-15(12(2)9-24)17(23)8-13)19-16-5-6-28-21(16)22(27)25-20(11)19;/h3-8,12,26H,9-10,24H2,1-2H3,(H,25,27);1H/t12-;/m0./s1. The van der Waals surface area contributed by atoms with Crippen molar-refractivity contribution in [2.45, 2.75) is 26.4 Å². The molecule has 0 aliphatic rings. The van der Waals surface area contributed by atoms with E-state index in [0.717, 1.165) is 21.9 Å². The number of thiophene rings is 1. The van der Waals surface area contributed by atoms with Crippen LogP contribution >= 0.6 is 23.7 Å². The van der Waals surface area contributed by atoms with Crippen LogP contribution in [0.1, 0.15) is 29.5 Å². The van der Waals surface area contributed by atoms with Crippen molar-refractivity contribution in [2.24, 2.45) is 5.73 Å². The van der Waals surface area contributed by atoms with E-state index in [0.29, 0.717) is 33.5 Å². The summed E-state index contributed by atoms with van der Waals surface area (Å²) in [4.78, 5) is 15.4. The number of aliphatic hydroxyl groups is 1. The molecule has 0 bridgehead atoms. The molecular weight excluding hydrogens is 411 g/mol. The van der Waals surface area contributed by atoms with Crippen LogP contribution in [0.4, 0.5) is 4.39 Å². The topological polar surface area (TPSA) is 79.1 Å². The number of rotatable bonds is 4. The van der Waals surface area contributed by atoms with E-state index >= 15 is 0 Å². The number of hydrogen-bond donors (Lipinski definition) is 3. The minimum Gasteiger partial charge on any atom is -0.392 e. The molecule has 0 amide bonds. The Kier molecular flexibility index (Phi) is 6.10. The molecule has 152 valence electrons. The number of pyridine rings is 1. The Labute approximate surface area is 177 Å². The summed E-state index contributed by atoms with van der Waals surface area (Å²) in [6, 6.07) is 8.86. The molecule has 4 aromatic rings. The summed E-state index contributed by atoms with van der Waals surface area (Å²) in [5.41, 5.74) is 9.81. The summed E-state index contributed by atoms with van der Waals surface area (Å²) in [6.07, 6.45) is 0. The number of nitrogens with two attached hydrogens (primary N) is 1. The van der Waals surface area contributed by atoms with Crippen LogP contribution in [0.2, 0.25) is 0 Å². The first-order valence-corrected chi connectivity index (χ1v) is 10.0. The first-order valence-electron chi connectivity index (χ1n) is 9.12. The van der Waals surface area contributed by atoms with Crippen molar-refractivity contribution in [2.75, 3.05) is 6.54 Å². The SMILES string of the molecule is Cc1cc(CO)c(-c2ccc([C@@H](C)CN)c(F)c2)c2c1[nH]c(=O)c1sccc12.Cl. The van der Waals surface area contributed by atoms with E-state index in [2.05, 4.69) is 4.98 Å². The quantitative estimate of drug-likeness (QED) is 0.432. The minimum absolute atomic E-state index is 0. The maximum absolute atomic E-state index is 14.8. The van der Waals surface area contributed by atoms with Gasteiger partial charge in [0.05, 0.1) is 12.1 Å². The molecular formula is C22H22ClFN2O2S. The Bertz CT molecular complexity index is 1270. The maximum Gasteiger partial charge on any atom is 0.266 e. The third kappa shape index (κ3) is 3.46. The number of hydrogen-bond acceptors (Lipinski definition) is 4. The Morgan fingerprint density at radius 2 is 2.03 bits per heavy atom. The van der Waals surface area contributed by atoms with Crippen LogP contribution in [0.3, 0.4) is 0 Å². The fraction of sp³-hybridized carbons (Fsp3) is 0.227. The van der Waals surface area contributed by atoms with Crippen LogP contribution in [0, 0.1) is 12.7 Å². The van der Waals surface area contributed by atoms with Gasteiger partial charge in [0.25, 0.3) is 5.56 Å². The minimum atomic E-state index is -0.320. The van der Waals surface area contributed by atoms with E-state index in [9.17, 15) is 14.3 Å². The molecule has 2 aromatic carbocycles. The fourth-order valence-electron chi connectivity index (χ4n) is 3.83. The van der Waals surface area contributed by atoms with Gasteiger partial charge in [0.2, 0.25) is 0 Å². The van der Waals surface area contributed by atoms with Crippen molar-refractivity contribution in [3.63, 3.8) is 0 Å². The summed E-state index contributed by atoms with van der Waals surface area (Å²) < 4.78 is 15.5. The second-order valence-electron chi connectivity index (χ2n) is 7.13. The van der Waals surface area contributed by atoms with Crippen LogP contribution in [0.15, 0.2) is 40.5 Å². The van der Waals surface area contributed by atoms with Gasteiger partial charge >= 0.3 is 0 Å². The zero-order valence-electron chi connectivity index (χ0n) is 16.1. The Morgan fingerprint density at radius 3 is 2.69 bits per heavy atom. The number of nitrogens with one attached hydrogen (secondary N) is 1. The zero-order chi connectivity index (χ0) is 20.0. The normalized spacial score (nSPS) is 12.3. The van der Waals surface area contributed by atoms with Crippen LogP contribution in [-0.4, -0.2) is 16.6 Å². The van der Waals surface area contributed by atoms with Crippen molar-refractivity contribution in [1.29, 1.82) is 0 Å². The van der Waals surface area contributed by atoms with E-state index in [1.54, 1.807) is 6.07 Å². The highest BCUT2D eigenvalue weighted by atomic mass is 35.5. The van der Waals surface area contributed by atoms with Crippen molar-refractivity contribution < 1.29 is 9.50 Å². The van der Waals surface area contributed by atoms with Crippen LogP contribution in [0.25, 0.3) is 32.1 Å². The van der Waals surface area contributed by atoms with Gasteiger partial charge < -0.3 is 15.8 Å². The van der Waals surface area contributed by atoms with Gasteiger partial charge in [-0.3, -0.25) is 4.79 Å². The van der Waals surface area contributed by atoms with E-state index < -0.39 is 0 Å². The third-order valence-corrected chi connectivity index (χ3v) is 6.24. The number of aromatic amines is 1. The van der Waals surface area contributed by atoms with Gasteiger partial charge in [0.1, 0.15) is 10.5 Å². The lowest BCUT2D eigenvalue weighted by Crippen LogP contribution is -2.10. The average Bonchev–Trinajstić information content (AvgIpc) is 3.18. The molecule has 0 fully saturated rings. The number of aromatic nitrogens is 1. The lowest BCUT2D eigenvalue weighted by Gasteiger charge is -2.17. The molecule has 0 aliphatic heterocycles. The van der Waals surface area contributed by atoms with Crippen LogP contribution in [0.5, 0.6) is 0 Å². The van der Waals surface area contributed by atoms with Gasteiger partial charge in [-0.25, -0.2) is 4.39 Å². The first kappa shape index (κ1) is 21.5. The molecule has 0 unspecified atom stereocenters. The number of aliphatic hydroxyl groups excluding tert-OH is 1. The highest BCUT2D eigenvalue weighted by molar-refractivity contribution is 7.17. The smallest absolute Gasteiger partial charge is 0.266 e. The molecule has 4 rings (SSSR count). The number of aryl methyl sites for hydroxylation is 1. The Morgan fingerprint density at radius 1 is 1.28 bits per heavy atom. The molecule has 0 saturated heterocycles. The number of fused-ring (bicyclic) bond motifs is 3. The molecule has 0 spiro atoms. The van der Waals surface area contributed by atoms with E-state index in [-0.39, 0.29) is 36.3 Å². The maximum atomic E-state index is 14.8. The predicted molar refractivity (Wildman–Crippen MR) is 121 cm³/mol. The van der Waals surface area contributed by atoms with Gasteiger partial charge in [0, 0.05) is 10.8 Å². The number of H-pyrrole nitrogens is 1. The summed E-state index contributed by atoms with van der Waals surface area (Å²) in [6.45, 7) is 3.96. The molecule has 0 aliphatic carbocycles.